The second-order valence-electron chi connectivity index (χ2n) is 15.3. The third kappa shape index (κ3) is 49.3. The van der Waals surface area contributed by atoms with Crippen LogP contribution in [0.15, 0.2) is 122 Å². The number of nitrogens with one attached hydrogen (secondary N) is 1. The zero-order valence-corrected chi connectivity index (χ0v) is 40.1. The molecule has 0 aromatic heterocycles. The number of phosphoric ester groups is 1. The number of hydrogen-bond donors (Lipinski definition) is 3. The molecular formula is C53H86NO8P. The van der Waals surface area contributed by atoms with Gasteiger partial charge in [-0.25, -0.2) is 4.57 Å². The van der Waals surface area contributed by atoms with Gasteiger partial charge in [0.15, 0.2) is 0 Å². The average Bonchev–Trinajstić information content (AvgIpc) is 3.27. The van der Waals surface area contributed by atoms with E-state index < -0.39 is 26.5 Å². The molecule has 0 aliphatic heterocycles. The van der Waals surface area contributed by atoms with Crippen molar-refractivity contribution in [2.24, 2.45) is 0 Å². The number of ether oxygens (including phenoxy) is 1. The molecule has 1 amide bonds. The molecular weight excluding hydrogens is 810 g/mol. The molecule has 0 heterocycles. The lowest BCUT2D eigenvalue weighted by molar-refractivity contribution is -0.147. The van der Waals surface area contributed by atoms with Gasteiger partial charge in [0.1, 0.15) is 12.7 Å². The van der Waals surface area contributed by atoms with Crippen LogP contribution >= 0.6 is 7.82 Å². The molecule has 2 atom stereocenters. The van der Waals surface area contributed by atoms with Crippen molar-refractivity contribution in [2.45, 2.75) is 174 Å². The first kappa shape index (κ1) is 59.4. The van der Waals surface area contributed by atoms with E-state index in [1.165, 1.54) is 32.1 Å². The predicted molar refractivity (Wildman–Crippen MR) is 265 cm³/mol. The van der Waals surface area contributed by atoms with Crippen molar-refractivity contribution in [3.05, 3.63) is 122 Å². The van der Waals surface area contributed by atoms with Gasteiger partial charge in [0.05, 0.1) is 13.2 Å². The molecule has 9 nitrogen and oxygen atoms in total. The highest BCUT2D eigenvalue weighted by molar-refractivity contribution is 7.47. The van der Waals surface area contributed by atoms with Gasteiger partial charge >= 0.3 is 13.8 Å². The number of allylic oxidation sites excluding steroid dienone is 20. The van der Waals surface area contributed by atoms with E-state index in [1.807, 2.05) is 0 Å². The van der Waals surface area contributed by atoms with E-state index in [9.17, 15) is 24.2 Å². The number of rotatable bonds is 43. The number of phosphoric acid groups is 1. The van der Waals surface area contributed by atoms with Gasteiger partial charge in [-0.05, 0) is 103 Å². The summed E-state index contributed by atoms with van der Waals surface area (Å²) >= 11 is 0. The number of carbonyl (C=O) groups is 2. The molecule has 0 fully saturated rings. The lowest BCUT2D eigenvalue weighted by Gasteiger charge is -2.15. The van der Waals surface area contributed by atoms with Gasteiger partial charge in [-0.2, -0.15) is 0 Å². The van der Waals surface area contributed by atoms with E-state index >= 15 is 0 Å². The molecule has 0 saturated carbocycles. The van der Waals surface area contributed by atoms with Crippen LogP contribution < -0.4 is 5.32 Å². The molecule has 0 radical (unpaired) electrons. The van der Waals surface area contributed by atoms with Crippen LogP contribution in [0.1, 0.15) is 168 Å². The van der Waals surface area contributed by atoms with Crippen LogP contribution in [0, 0.1) is 0 Å². The topological polar surface area (TPSA) is 131 Å². The van der Waals surface area contributed by atoms with Crippen molar-refractivity contribution in [3.63, 3.8) is 0 Å². The summed E-state index contributed by atoms with van der Waals surface area (Å²) < 4.78 is 26.9. The van der Waals surface area contributed by atoms with Crippen molar-refractivity contribution < 1.29 is 37.9 Å². The fraction of sp³-hybridized carbons (Fsp3) is 0.585. The van der Waals surface area contributed by atoms with Gasteiger partial charge in [0.2, 0.25) is 5.91 Å². The minimum atomic E-state index is -4.45. The Kier molecular flexibility index (Phi) is 45.2. The lowest BCUT2D eigenvalue weighted by atomic mass is 10.1. The monoisotopic (exact) mass is 896 g/mol. The number of carbonyl (C=O) groups excluding carboxylic acids is 2. The molecule has 0 spiro atoms. The molecule has 0 aliphatic rings. The van der Waals surface area contributed by atoms with Gasteiger partial charge in [0, 0.05) is 19.4 Å². The Morgan fingerprint density at radius 1 is 0.508 bits per heavy atom. The standard InChI is InChI=1S/C53H86NO8P/c1-3-5-7-9-11-13-15-17-19-21-23-24-25-26-28-29-31-33-35-37-39-41-43-45-52(56)54-47-48-61-63(58,59)62-50-51(55)49-60-53(57)46-44-42-40-38-36-34-32-30-27-22-20-18-16-14-12-10-8-6-4-2/h5,7,11-14,17-20,23-24,26-28,30-31,33,37,39,51,55H,3-4,6,8-10,15-16,21-22,25,29,32,34-36,38,40-50H2,1-2H3,(H,54,56)(H,58,59)/b7-5-,13-11-,14-12-,19-17-,20-18-,24-23-,28-26-,30-27-,33-31-,39-37-. The van der Waals surface area contributed by atoms with E-state index in [-0.39, 0.29) is 32.1 Å². The van der Waals surface area contributed by atoms with Gasteiger partial charge in [-0.15, -0.1) is 0 Å². The maximum atomic E-state index is 12.1. The fourth-order valence-electron chi connectivity index (χ4n) is 5.79. The number of aliphatic hydroxyl groups is 1. The highest BCUT2D eigenvalue weighted by Gasteiger charge is 2.23. The number of unbranched alkanes of at least 4 members (excludes halogenated alkanes) is 10. The quantitative estimate of drug-likeness (QED) is 0.0239. The Balaban J connectivity index is 3.73. The third-order valence-electron chi connectivity index (χ3n) is 9.38. The van der Waals surface area contributed by atoms with Crippen molar-refractivity contribution in [2.75, 3.05) is 26.4 Å². The molecule has 2 unspecified atom stereocenters. The third-order valence-corrected chi connectivity index (χ3v) is 10.4. The molecule has 0 bridgehead atoms. The first-order valence-corrected chi connectivity index (χ1v) is 25.5. The SMILES string of the molecule is CC/C=C\C/C=C\C/C=C\C/C=C\C/C=C\C/C=C\C/C=C\CCCC(=O)NCCOP(=O)(O)OCC(O)COC(=O)CCCCCCCC/C=C\C/C=C\C/C=C\CCCCC. The summed E-state index contributed by atoms with van der Waals surface area (Å²) in [5.41, 5.74) is 0. The number of aliphatic hydroxyl groups excluding tert-OH is 1. The smallest absolute Gasteiger partial charge is 0.463 e. The second-order valence-corrected chi connectivity index (χ2v) is 16.8. The Bertz CT molecular complexity index is 1440. The van der Waals surface area contributed by atoms with E-state index in [0.717, 1.165) is 96.3 Å². The number of hydrogen-bond acceptors (Lipinski definition) is 7. The molecule has 0 rings (SSSR count). The lowest BCUT2D eigenvalue weighted by Crippen LogP contribution is -2.27. The summed E-state index contributed by atoms with van der Waals surface area (Å²) in [6.07, 6.45) is 65.6. The number of amides is 1. The Morgan fingerprint density at radius 2 is 0.921 bits per heavy atom. The van der Waals surface area contributed by atoms with E-state index in [0.29, 0.717) is 19.3 Å². The first-order valence-electron chi connectivity index (χ1n) is 24.0. The Morgan fingerprint density at radius 3 is 1.40 bits per heavy atom. The minimum absolute atomic E-state index is 0.0404. The van der Waals surface area contributed by atoms with Crippen LogP contribution in [0.3, 0.4) is 0 Å². The molecule has 0 aromatic rings. The van der Waals surface area contributed by atoms with Gasteiger partial charge in [-0.3, -0.25) is 18.6 Å². The second kappa shape index (κ2) is 47.9. The highest BCUT2D eigenvalue weighted by Crippen LogP contribution is 2.42. The van der Waals surface area contributed by atoms with Crippen LogP contribution in [0.2, 0.25) is 0 Å². The Labute approximate surface area is 383 Å². The molecule has 3 N–H and O–H groups in total. The molecule has 0 aromatic carbocycles. The summed E-state index contributed by atoms with van der Waals surface area (Å²) in [4.78, 5) is 34.0. The van der Waals surface area contributed by atoms with E-state index in [1.54, 1.807) is 0 Å². The first-order chi connectivity index (χ1) is 30.8. The van der Waals surface area contributed by atoms with Crippen LogP contribution in [0.4, 0.5) is 0 Å². The minimum Gasteiger partial charge on any atom is -0.463 e. The van der Waals surface area contributed by atoms with E-state index in [4.69, 9.17) is 13.8 Å². The fourth-order valence-corrected chi connectivity index (χ4v) is 6.54. The van der Waals surface area contributed by atoms with Gasteiger partial charge in [-0.1, -0.05) is 174 Å². The average molecular weight is 896 g/mol. The normalized spacial score (nSPS) is 14.3. The maximum absolute atomic E-state index is 12.1. The zero-order chi connectivity index (χ0) is 46.0. The van der Waals surface area contributed by atoms with Crippen molar-refractivity contribution in [1.82, 2.24) is 5.32 Å². The summed E-state index contributed by atoms with van der Waals surface area (Å²) in [5, 5.41) is 12.7. The summed E-state index contributed by atoms with van der Waals surface area (Å²) in [6.45, 7) is 3.30. The molecule has 0 saturated heterocycles. The largest absolute Gasteiger partial charge is 0.472 e. The van der Waals surface area contributed by atoms with Crippen LogP contribution in [-0.4, -0.2) is 54.3 Å². The summed E-state index contributed by atoms with van der Waals surface area (Å²) in [5.74, 6) is -0.600. The molecule has 10 heteroatoms. The maximum Gasteiger partial charge on any atom is 0.472 e. The molecule has 356 valence electrons. The number of esters is 1. The van der Waals surface area contributed by atoms with Crippen molar-refractivity contribution in [3.8, 4) is 0 Å². The van der Waals surface area contributed by atoms with Crippen molar-refractivity contribution in [1.29, 1.82) is 0 Å². The summed E-state index contributed by atoms with van der Waals surface area (Å²) in [7, 11) is -4.45. The summed E-state index contributed by atoms with van der Waals surface area (Å²) in [6, 6.07) is 0. The van der Waals surface area contributed by atoms with Crippen LogP contribution in [-0.2, 0) is 27.9 Å². The molecule has 0 aliphatic carbocycles. The van der Waals surface area contributed by atoms with Crippen LogP contribution in [0.25, 0.3) is 0 Å². The van der Waals surface area contributed by atoms with Gasteiger partial charge in [0.25, 0.3) is 0 Å². The van der Waals surface area contributed by atoms with E-state index in [2.05, 4.69) is 141 Å². The molecule has 63 heavy (non-hydrogen) atoms. The highest BCUT2D eigenvalue weighted by atomic mass is 31.2. The Hall–Kier alpha value is -3.59. The predicted octanol–water partition coefficient (Wildman–Crippen LogP) is 14.1. The van der Waals surface area contributed by atoms with Crippen LogP contribution in [0.5, 0.6) is 0 Å². The van der Waals surface area contributed by atoms with Crippen molar-refractivity contribution >= 4 is 19.7 Å². The zero-order valence-electron chi connectivity index (χ0n) is 39.2. The van der Waals surface area contributed by atoms with Gasteiger partial charge < -0.3 is 20.1 Å².